The van der Waals surface area contributed by atoms with Gasteiger partial charge in [0.1, 0.15) is 0 Å². The van der Waals surface area contributed by atoms with Crippen molar-refractivity contribution in [3.8, 4) is 0 Å². The monoisotopic (exact) mass is 242 g/mol. The van der Waals surface area contributed by atoms with Crippen LogP contribution in [0.25, 0.3) is 0 Å². The lowest BCUT2D eigenvalue weighted by Crippen LogP contribution is -2.53. The molecule has 0 spiro atoms. The minimum absolute atomic E-state index is 0.136. The first-order chi connectivity index (χ1) is 7.73. The fraction of sp³-hybridized carbons (Fsp3) is 0.833. The molecule has 1 fully saturated rings. The predicted molar refractivity (Wildman–Crippen MR) is 64.4 cm³/mol. The first-order valence-corrected chi connectivity index (χ1v) is 6.00. The molecule has 0 aromatic heterocycles. The molecule has 3 N–H and O–H groups in total. The summed E-state index contributed by atoms with van der Waals surface area (Å²) < 4.78 is 0. The van der Waals surface area contributed by atoms with E-state index >= 15 is 0 Å². The van der Waals surface area contributed by atoms with Gasteiger partial charge in [-0.1, -0.05) is 20.8 Å². The molecule has 0 saturated carbocycles. The number of rotatable bonds is 2. The van der Waals surface area contributed by atoms with Gasteiger partial charge in [0.25, 0.3) is 0 Å². The van der Waals surface area contributed by atoms with Crippen molar-refractivity contribution in [2.45, 2.75) is 39.7 Å². The first-order valence-electron chi connectivity index (χ1n) is 6.00. The van der Waals surface area contributed by atoms with E-state index in [1.165, 1.54) is 0 Å². The number of amides is 1. The summed E-state index contributed by atoms with van der Waals surface area (Å²) >= 11 is 0. The summed E-state index contributed by atoms with van der Waals surface area (Å²) in [6.07, 6.45) is 1.38. The van der Waals surface area contributed by atoms with Crippen LogP contribution in [-0.4, -0.2) is 41.0 Å². The van der Waals surface area contributed by atoms with E-state index in [0.717, 1.165) is 6.42 Å². The number of carbonyl (C=O) groups is 2. The van der Waals surface area contributed by atoms with Gasteiger partial charge in [0.15, 0.2) is 0 Å². The lowest BCUT2D eigenvalue weighted by atomic mass is 9.86. The van der Waals surface area contributed by atoms with E-state index in [2.05, 4.69) is 0 Å². The summed E-state index contributed by atoms with van der Waals surface area (Å²) in [4.78, 5) is 24.6. The van der Waals surface area contributed by atoms with Crippen LogP contribution in [0.1, 0.15) is 33.6 Å². The van der Waals surface area contributed by atoms with Crippen LogP contribution in [0, 0.1) is 11.3 Å². The van der Waals surface area contributed by atoms with E-state index in [1.54, 1.807) is 4.90 Å². The summed E-state index contributed by atoms with van der Waals surface area (Å²) in [5.41, 5.74) is 5.61. The Morgan fingerprint density at radius 2 is 2.00 bits per heavy atom. The molecule has 1 saturated heterocycles. The molecular formula is C12H22N2O3. The molecule has 1 rings (SSSR count). The standard InChI is InChI=1S/C12H22N2O3/c1-12(2,3)9(13)10(15)14-6-4-5-8(7-14)11(16)17/h8-9H,4-7,13H2,1-3H3,(H,16,17)/t8-,9-/m1/s1. The Hall–Kier alpha value is -1.10. The van der Waals surface area contributed by atoms with Gasteiger partial charge in [-0.25, -0.2) is 0 Å². The van der Waals surface area contributed by atoms with Crippen LogP contribution in [0.15, 0.2) is 0 Å². The summed E-state index contributed by atoms with van der Waals surface area (Å²) in [6, 6.07) is -0.574. The lowest BCUT2D eigenvalue weighted by Gasteiger charge is -2.36. The molecule has 0 radical (unpaired) electrons. The lowest BCUT2D eigenvalue weighted by molar-refractivity contribution is -0.146. The molecule has 1 amide bonds. The van der Waals surface area contributed by atoms with Crippen molar-refractivity contribution in [2.75, 3.05) is 13.1 Å². The van der Waals surface area contributed by atoms with Gasteiger partial charge in [0.05, 0.1) is 12.0 Å². The number of likely N-dealkylation sites (tertiary alicyclic amines) is 1. The largest absolute Gasteiger partial charge is 0.481 e. The number of piperidine rings is 1. The summed E-state index contributed by atoms with van der Waals surface area (Å²) in [6.45, 7) is 6.64. The number of carboxylic acids is 1. The highest BCUT2D eigenvalue weighted by Gasteiger charge is 2.34. The Morgan fingerprint density at radius 1 is 1.41 bits per heavy atom. The van der Waals surface area contributed by atoms with Gasteiger partial charge in [-0.3, -0.25) is 9.59 Å². The number of nitrogens with zero attached hydrogens (tertiary/aromatic N) is 1. The molecule has 2 atom stereocenters. The highest BCUT2D eigenvalue weighted by atomic mass is 16.4. The number of aliphatic carboxylic acids is 1. The van der Waals surface area contributed by atoms with Crippen molar-refractivity contribution in [1.29, 1.82) is 0 Å². The number of nitrogens with two attached hydrogens (primary N) is 1. The Kier molecular flexibility index (Phi) is 4.14. The quantitative estimate of drug-likeness (QED) is 0.746. The second-order valence-electron chi connectivity index (χ2n) is 5.81. The molecule has 1 heterocycles. The highest BCUT2D eigenvalue weighted by molar-refractivity contribution is 5.83. The SMILES string of the molecule is CC(C)(C)[C@H](N)C(=O)N1CCC[C@@H](C(=O)O)C1. The number of carbonyl (C=O) groups excluding carboxylic acids is 1. The van der Waals surface area contributed by atoms with Crippen LogP contribution in [0.5, 0.6) is 0 Å². The van der Waals surface area contributed by atoms with Gasteiger partial charge in [-0.2, -0.15) is 0 Å². The van der Waals surface area contributed by atoms with Gasteiger partial charge in [-0.15, -0.1) is 0 Å². The molecule has 1 aliphatic rings. The molecule has 0 aromatic rings. The molecule has 17 heavy (non-hydrogen) atoms. The first kappa shape index (κ1) is 14.0. The third kappa shape index (κ3) is 3.43. The van der Waals surface area contributed by atoms with E-state index in [0.29, 0.717) is 13.0 Å². The smallest absolute Gasteiger partial charge is 0.308 e. The van der Waals surface area contributed by atoms with Crippen molar-refractivity contribution in [3.63, 3.8) is 0 Å². The van der Waals surface area contributed by atoms with E-state index in [1.807, 2.05) is 20.8 Å². The van der Waals surface area contributed by atoms with Crippen LogP contribution in [0.3, 0.4) is 0 Å². The van der Waals surface area contributed by atoms with Gasteiger partial charge in [0, 0.05) is 13.1 Å². The maximum atomic E-state index is 12.1. The Morgan fingerprint density at radius 3 is 2.47 bits per heavy atom. The second-order valence-corrected chi connectivity index (χ2v) is 5.81. The van der Waals surface area contributed by atoms with Crippen LogP contribution in [0.4, 0.5) is 0 Å². The van der Waals surface area contributed by atoms with E-state index < -0.39 is 17.9 Å². The molecular weight excluding hydrogens is 220 g/mol. The third-order valence-corrected chi connectivity index (χ3v) is 3.28. The van der Waals surface area contributed by atoms with Crippen LogP contribution in [0.2, 0.25) is 0 Å². The van der Waals surface area contributed by atoms with E-state index in [9.17, 15) is 9.59 Å². The Bertz CT molecular complexity index is 309. The fourth-order valence-electron chi connectivity index (χ4n) is 1.95. The fourth-order valence-corrected chi connectivity index (χ4v) is 1.95. The van der Waals surface area contributed by atoms with Crippen LogP contribution in [-0.2, 0) is 9.59 Å². The van der Waals surface area contributed by atoms with Crippen molar-refractivity contribution in [3.05, 3.63) is 0 Å². The van der Waals surface area contributed by atoms with Gasteiger partial charge in [0.2, 0.25) is 5.91 Å². The highest BCUT2D eigenvalue weighted by Crippen LogP contribution is 2.22. The molecule has 0 unspecified atom stereocenters. The molecule has 0 bridgehead atoms. The molecule has 5 nitrogen and oxygen atoms in total. The van der Waals surface area contributed by atoms with Crippen LogP contribution >= 0.6 is 0 Å². The molecule has 98 valence electrons. The predicted octanol–water partition coefficient (Wildman–Crippen LogP) is 0.683. The topological polar surface area (TPSA) is 83.6 Å². The molecule has 0 aromatic carbocycles. The molecule has 1 aliphatic heterocycles. The maximum Gasteiger partial charge on any atom is 0.308 e. The van der Waals surface area contributed by atoms with Gasteiger partial charge in [-0.05, 0) is 18.3 Å². The van der Waals surface area contributed by atoms with Gasteiger partial charge < -0.3 is 15.7 Å². The summed E-state index contributed by atoms with van der Waals surface area (Å²) in [5.74, 6) is -1.41. The minimum atomic E-state index is -0.827. The van der Waals surface area contributed by atoms with Crippen molar-refractivity contribution >= 4 is 11.9 Å². The zero-order chi connectivity index (χ0) is 13.2. The number of hydrogen-bond acceptors (Lipinski definition) is 3. The van der Waals surface area contributed by atoms with Crippen molar-refractivity contribution in [2.24, 2.45) is 17.1 Å². The second kappa shape index (κ2) is 5.04. The third-order valence-electron chi connectivity index (χ3n) is 3.28. The number of hydrogen-bond donors (Lipinski definition) is 2. The average molecular weight is 242 g/mol. The zero-order valence-corrected chi connectivity index (χ0v) is 10.8. The van der Waals surface area contributed by atoms with Crippen molar-refractivity contribution < 1.29 is 14.7 Å². The summed E-state index contributed by atoms with van der Waals surface area (Å²) in [5, 5.41) is 8.97. The summed E-state index contributed by atoms with van der Waals surface area (Å²) in [7, 11) is 0. The van der Waals surface area contributed by atoms with Crippen LogP contribution < -0.4 is 5.73 Å². The van der Waals surface area contributed by atoms with E-state index in [4.69, 9.17) is 10.8 Å². The minimum Gasteiger partial charge on any atom is -0.481 e. The maximum absolute atomic E-state index is 12.1. The average Bonchev–Trinajstić information content (AvgIpc) is 2.26. The normalized spacial score (nSPS) is 23.3. The van der Waals surface area contributed by atoms with E-state index in [-0.39, 0.29) is 17.9 Å². The number of carboxylic acid groups (broad SMARTS) is 1. The van der Waals surface area contributed by atoms with Gasteiger partial charge >= 0.3 is 5.97 Å². The molecule has 0 aliphatic carbocycles. The molecule has 5 heteroatoms. The Labute approximate surface area is 102 Å². The zero-order valence-electron chi connectivity index (χ0n) is 10.8. The van der Waals surface area contributed by atoms with Crippen molar-refractivity contribution in [1.82, 2.24) is 4.90 Å². The Balaban J connectivity index is 2.67.